The predicted molar refractivity (Wildman–Crippen MR) is 120 cm³/mol. The van der Waals surface area contributed by atoms with Gasteiger partial charge in [0.05, 0.1) is 5.69 Å². The maximum Gasteiger partial charge on any atom is 0.295 e. The van der Waals surface area contributed by atoms with Crippen molar-refractivity contribution < 1.29 is 4.79 Å². The van der Waals surface area contributed by atoms with Gasteiger partial charge in [0.25, 0.3) is 5.91 Å². The molecule has 0 fully saturated rings. The quantitative estimate of drug-likeness (QED) is 0.501. The molecule has 0 radical (unpaired) electrons. The van der Waals surface area contributed by atoms with Crippen molar-refractivity contribution in [2.24, 2.45) is 0 Å². The molecule has 5 heteroatoms. The lowest BCUT2D eigenvalue weighted by Gasteiger charge is -2.08. The third kappa shape index (κ3) is 3.87. The number of benzene rings is 3. The van der Waals surface area contributed by atoms with Crippen molar-refractivity contribution in [3.05, 3.63) is 94.8 Å². The van der Waals surface area contributed by atoms with Gasteiger partial charge >= 0.3 is 0 Å². The summed E-state index contributed by atoms with van der Waals surface area (Å²) in [7, 11) is 0. The van der Waals surface area contributed by atoms with E-state index < -0.39 is 0 Å². The zero-order valence-corrected chi connectivity index (χ0v) is 17.6. The number of aryl methyl sites for hydroxylation is 4. The fourth-order valence-electron chi connectivity index (χ4n) is 3.35. The molecule has 1 N–H and O–H groups in total. The molecule has 0 aliphatic carbocycles. The summed E-state index contributed by atoms with van der Waals surface area (Å²) in [6.07, 6.45) is 0. The van der Waals surface area contributed by atoms with Crippen molar-refractivity contribution in [3.63, 3.8) is 0 Å². The number of hydrogen-bond acceptors (Lipinski definition) is 3. The maximum atomic E-state index is 13.0. The first-order valence-electron chi connectivity index (χ1n) is 9.91. The van der Waals surface area contributed by atoms with Crippen LogP contribution in [0.25, 0.3) is 17.1 Å². The summed E-state index contributed by atoms with van der Waals surface area (Å²) in [5.74, 6) is 0.429. The number of carbonyl (C=O) groups is 1. The van der Waals surface area contributed by atoms with Crippen LogP contribution >= 0.6 is 0 Å². The number of hydrogen-bond donors (Lipinski definition) is 1. The predicted octanol–water partition coefficient (Wildman–Crippen LogP) is 5.42. The summed E-state index contributed by atoms with van der Waals surface area (Å²) in [4.78, 5) is 17.5. The smallest absolute Gasteiger partial charge is 0.295 e. The van der Waals surface area contributed by atoms with Crippen LogP contribution in [-0.4, -0.2) is 20.7 Å². The van der Waals surface area contributed by atoms with Crippen molar-refractivity contribution in [3.8, 4) is 17.1 Å². The Morgan fingerprint density at radius 1 is 0.833 bits per heavy atom. The molecule has 1 aromatic heterocycles. The van der Waals surface area contributed by atoms with Gasteiger partial charge in [-0.05, 0) is 62.6 Å². The Morgan fingerprint density at radius 3 is 2.30 bits per heavy atom. The summed E-state index contributed by atoms with van der Waals surface area (Å²) >= 11 is 0. The molecule has 0 aliphatic rings. The first-order chi connectivity index (χ1) is 14.4. The highest BCUT2D eigenvalue weighted by molar-refractivity contribution is 6.02. The Kier molecular flexibility index (Phi) is 5.19. The molecule has 0 saturated heterocycles. The molecule has 4 rings (SSSR count). The maximum absolute atomic E-state index is 13.0. The van der Waals surface area contributed by atoms with Gasteiger partial charge in [0.2, 0.25) is 5.82 Å². The van der Waals surface area contributed by atoms with Gasteiger partial charge in [-0.2, -0.15) is 0 Å². The number of rotatable bonds is 4. The van der Waals surface area contributed by atoms with Crippen LogP contribution in [0.3, 0.4) is 0 Å². The lowest BCUT2D eigenvalue weighted by Crippen LogP contribution is -2.15. The second-order valence-electron chi connectivity index (χ2n) is 7.58. The minimum Gasteiger partial charge on any atom is -0.319 e. The van der Waals surface area contributed by atoms with Gasteiger partial charge in [0.1, 0.15) is 0 Å². The third-order valence-electron chi connectivity index (χ3n) is 5.21. The average molecular weight is 396 g/mol. The fourth-order valence-corrected chi connectivity index (χ4v) is 3.35. The number of nitrogens with zero attached hydrogens (tertiary/aromatic N) is 3. The minimum atomic E-state index is -0.332. The molecule has 4 aromatic rings. The molecule has 1 amide bonds. The van der Waals surface area contributed by atoms with E-state index in [4.69, 9.17) is 0 Å². The van der Waals surface area contributed by atoms with Gasteiger partial charge in [-0.25, -0.2) is 9.67 Å². The molecule has 3 aromatic carbocycles. The highest BCUT2D eigenvalue weighted by Crippen LogP contribution is 2.23. The lowest BCUT2D eigenvalue weighted by molar-refractivity contribution is 0.101. The van der Waals surface area contributed by atoms with E-state index >= 15 is 0 Å². The van der Waals surface area contributed by atoms with E-state index in [-0.39, 0.29) is 11.7 Å². The molecule has 0 aliphatic heterocycles. The normalized spacial score (nSPS) is 10.8. The van der Waals surface area contributed by atoms with Crippen LogP contribution in [0.15, 0.2) is 66.7 Å². The first kappa shape index (κ1) is 19.6. The van der Waals surface area contributed by atoms with E-state index in [9.17, 15) is 4.79 Å². The lowest BCUT2D eigenvalue weighted by atomic mass is 10.1. The molecule has 150 valence electrons. The zero-order chi connectivity index (χ0) is 21.3. The van der Waals surface area contributed by atoms with E-state index in [2.05, 4.69) is 41.4 Å². The van der Waals surface area contributed by atoms with Crippen LogP contribution in [0, 0.1) is 27.7 Å². The van der Waals surface area contributed by atoms with E-state index in [1.807, 2.05) is 68.4 Å². The molecule has 0 unspecified atom stereocenters. The SMILES string of the molecule is Cc1ccc(NC(=O)c2nc(-c3ccccc3)n(-c3ccc(C)c(C)c3)n2)c(C)c1. The first-order valence-corrected chi connectivity index (χ1v) is 9.91. The Hall–Kier alpha value is -3.73. The molecule has 0 spiro atoms. The van der Waals surface area contributed by atoms with Gasteiger partial charge < -0.3 is 5.32 Å². The summed E-state index contributed by atoms with van der Waals surface area (Å²) in [6.45, 7) is 8.13. The van der Waals surface area contributed by atoms with Gasteiger partial charge in [-0.15, -0.1) is 5.10 Å². The third-order valence-corrected chi connectivity index (χ3v) is 5.21. The van der Waals surface area contributed by atoms with Crippen molar-refractivity contribution in [1.29, 1.82) is 0 Å². The minimum absolute atomic E-state index is 0.132. The Labute approximate surface area is 176 Å². The fraction of sp³-hybridized carbons (Fsp3) is 0.160. The number of aromatic nitrogens is 3. The van der Waals surface area contributed by atoms with Gasteiger partial charge in [0, 0.05) is 11.3 Å². The number of nitrogens with one attached hydrogen (secondary N) is 1. The Balaban J connectivity index is 1.76. The molecular weight excluding hydrogens is 372 g/mol. The van der Waals surface area contributed by atoms with Crippen LogP contribution in [0.5, 0.6) is 0 Å². The molecule has 5 nitrogen and oxygen atoms in total. The van der Waals surface area contributed by atoms with Crippen LogP contribution in [0.2, 0.25) is 0 Å². The van der Waals surface area contributed by atoms with E-state index in [1.54, 1.807) is 4.68 Å². The zero-order valence-electron chi connectivity index (χ0n) is 17.6. The van der Waals surface area contributed by atoms with E-state index in [1.165, 1.54) is 5.56 Å². The number of anilines is 1. The second-order valence-corrected chi connectivity index (χ2v) is 7.58. The topological polar surface area (TPSA) is 59.8 Å². The van der Waals surface area contributed by atoms with Crippen molar-refractivity contribution in [2.75, 3.05) is 5.32 Å². The van der Waals surface area contributed by atoms with Crippen LogP contribution in [-0.2, 0) is 0 Å². The summed E-state index contributed by atoms with van der Waals surface area (Å²) in [5.41, 5.74) is 7.03. The summed E-state index contributed by atoms with van der Waals surface area (Å²) in [6, 6.07) is 21.8. The van der Waals surface area contributed by atoms with Crippen LogP contribution in [0.1, 0.15) is 32.9 Å². The van der Waals surface area contributed by atoms with Gasteiger partial charge in [-0.1, -0.05) is 54.1 Å². The molecule has 1 heterocycles. The molecule has 0 atom stereocenters. The van der Waals surface area contributed by atoms with Gasteiger partial charge in [-0.3, -0.25) is 4.79 Å². The van der Waals surface area contributed by atoms with Crippen molar-refractivity contribution >= 4 is 11.6 Å². The Bertz CT molecular complexity index is 1230. The summed E-state index contributed by atoms with van der Waals surface area (Å²) < 4.78 is 1.73. The molecule has 30 heavy (non-hydrogen) atoms. The van der Waals surface area contributed by atoms with Crippen molar-refractivity contribution in [2.45, 2.75) is 27.7 Å². The highest BCUT2D eigenvalue weighted by Gasteiger charge is 2.19. The van der Waals surface area contributed by atoms with E-state index in [0.29, 0.717) is 5.82 Å². The molecule has 0 bridgehead atoms. The molecular formula is C25H24N4O. The largest absolute Gasteiger partial charge is 0.319 e. The number of carbonyl (C=O) groups excluding carboxylic acids is 1. The van der Waals surface area contributed by atoms with Gasteiger partial charge in [0.15, 0.2) is 5.82 Å². The standard InChI is InChI=1S/C25H24N4O/c1-16-10-13-22(19(4)14-16)26-25(30)23-27-24(20-8-6-5-7-9-20)29(28-23)21-12-11-17(2)18(3)15-21/h5-15H,1-4H3,(H,26,30). The summed E-state index contributed by atoms with van der Waals surface area (Å²) in [5, 5.41) is 7.50. The Morgan fingerprint density at radius 2 is 1.60 bits per heavy atom. The average Bonchev–Trinajstić information content (AvgIpc) is 3.18. The molecule has 0 saturated carbocycles. The van der Waals surface area contributed by atoms with Crippen molar-refractivity contribution in [1.82, 2.24) is 14.8 Å². The van der Waals surface area contributed by atoms with E-state index in [0.717, 1.165) is 33.6 Å². The number of amides is 1. The van der Waals surface area contributed by atoms with Crippen LogP contribution in [0.4, 0.5) is 5.69 Å². The second kappa shape index (κ2) is 7.95. The van der Waals surface area contributed by atoms with Crippen LogP contribution < -0.4 is 5.32 Å². The monoisotopic (exact) mass is 396 g/mol. The highest BCUT2D eigenvalue weighted by atomic mass is 16.2.